The van der Waals surface area contributed by atoms with Crippen LogP contribution < -0.4 is 4.72 Å². The third-order valence-electron chi connectivity index (χ3n) is 3.30. The van der Waals surface area contributed by atoms with Crippen LogP contribution in [0.15, 0.2) is 12.2 Å². The van der Waals surface area contributed by atoms with Gasteiger partial charge in [0.1, 0.15) is 0 Å². The molecule has 124 valence electrons. The molecule has 0 bridgehead atoms. The number of esters is 1. The van der Waals surface area contributed by atoms with Crippen LogP contribution in [0.4, 0.5) is 13.2 Å². The average Bonchev–Trinajstić information content (AvgIpc) is 2.22. The lowest BCUT2D eigenvalue weighted by atomic mass is 9.76. The molecule has 0 aromatic carbocycles. The molecule has 0 radical (unpaired) electrons. The number of rotatable bonds is 6. The second kappa shape index (κ2) is 5.96. The van der Waals surface area contributed by atoms with Crippen molar-refractivity contribution in [3.05, 3.63) is 12.2 Å². The molecule has 0 fully saturated rings. The summed E-state index contributed by atoms with van der Waals surface area (Å²) in [6.07, 6.45) is 0. The van der Waals surface area contributed by atoms with Gasteiger partial charge < -0.3 is 4.74 Å². The Kier molecular flexibility index (Phi) is 5.65. The second-order valence-corrected chi connectivity index (χ2v) is 7.59. The van der Waals surface area contributed by atoms with E-state index in [-0.39, 0.29) is 12.2 Å². The van der Waals surface area contributed by atoms with Gasteiger partial charge >= 0.3 is 21.5 Å². The lowest BCUT2D eigenvalue weighted by Gasteiger charge is -2.41. The molecule has 9 heteroatoms. The van der Waals surface area contributed by atoms with Crippen molar-refractivity contribution in [2.75, 3.05) is 6.61 Å². The maximum absolute atomic E-state index is 12.4. The molecule has 0 aromatic rings. The van der Waals surface area contributed by atoms with Gasteiger partial charge in [0, 0.05) is 16.5 Å². The fourth-order valence-corrected chi connectivity index (χ4v) is 2.15. The summed E-state index contributed by atoms with van der Waals surface area (Å²) in [4.78, 5) is 11.3. The number of nitrogens with one attached hydrogen (secondary N) is 1. The highest BCUT2D eigenvalue weighted by molar-refractivity contribution is 7.90. The molecular formula is C12H20F3NO4S. The van der Waals surface area contributed by atoms with E-state index < -0.39 is 32.5 Å². The molecule has 1 N–H and O–H groups in total. The predicted molar refractivity (Wildman–Crippen MR) is 71.7 cm³/mol. The van der Waals surface area contributed by atoms with E-state index in [4.69, 9.17) is 4.74 Å². The van der Waals surface area contributed by atoms with Gasteiger partial charge in [0.15, 0.2) is 0 Å². The summed E-state index contributed by atoms with van der Waals surface area (Å²) in [5, 5.41) is 0. The molecule has 0 spiro atoms. The number of hydrogen-bond acceptors (Lipinski definition) is 4. The summed E-state index contributed by atoms with van der Waals surface area (Å²) in [6.45, 7) is 10.1. The van der Waals surface area contributed by atoms with Crippen molar-refractivity contribution >= 4 is 16.0 Å². The summed E-state index contributed by atoms with van der Waals surface area (Å²) < 4.78 is 66.2. The number of carbonyl (C=O) groups is 1. The quantitative estimate of drug-likeness (QED) is 0.599. The summed E-state index contributed by atoms with van der Waals surface area (Å²) in [7, 11) is -5.50. The molecule has 0 unspecified atom stereocenters. The number of carbonyl (C=O) groups excluding carboxylic acids is 1. The fraction of sp³-hybridized carbons (Fsp3) is 0.750. The first kappa shape index (κ1) is 19.9. The Bertz CT molecular complexity index is 521. The fourth-order valence-electron chi connectivity index (χ4n) is 1.08. The largest absolute Gasteiger partial charge is 0.511 e. The lowest BCUT2D eigenvalue weighted by Crippen LogP contribution is -2.58. The van der Waals surface area contributed by atoms with Crippen molar-refractivity contribution in [3.8, 4) is 0 Å². The molecule has 21 heavy (non-hydrogen) atoms. The van der Waals surface area contributed by atoms with Crippen molar-refractivity contribution < 1.29 is 31.1 Å². The third-order valence-corrected chi connectivity index (χ3v) is 4.69. The molecule has 0 rings (SSSR count). The van der Waals surface area contributed by atoms with Crippen LogP contribution in [-0.2, 0) is 19.6 Å². The first-order valence-electron chi connectivity index (χ1n) is 5.96. The van der Waals surface area contributed by atoms with Gasteiger partial charge in [0.05, 0.1) is 6.61 Å². The van der Waals surface area contributed by atoms with E-state index in [1.165, 1.54) is 34.6 Å². The molecular weight excluding hydrogens is 311 g/mol. The maximum atomic E-state index is 12.4. The Labute approximate surface area is 122 Å². The predicted octanol–water partition coefficient (Wildman–Crippen LogP) is 2.35. The molecule has 0 aliphatic rings. The van der Waals surface area contributed by atoms with E-state index in [1.807, 2.05) is 0 Å². The van der Waals surface area contributed by atoms with Gasteiger partial charge in [-0.25, -0.2) is 17.9 Å². The van der Waals surface area contributed by atoms with Crippen molar-refractivity contribution in [1.29, 1.82) is 0 Å². The highest BCUT2D eigenvalue weighted by atomic mass is 32.2. The zero-order valence-electron chi connectivity index (χ0n) is 12.6. The summed E-state index contributed by atoms with van der Waals surface area (Å²) in [5.74, 6) is -0.697. The molecule has 5 nitrogen and oxygen atoms in total. The molecule has 0 saturated carbocycles. The zero-order chi connectivity index (χ0) is 17.3. The standard InChI is InChI=1S/C12H20F3NO4S/c1-8(2)9(17)20-7-10(3,4)11(5,6)16-21(18,19)12(13,14)15/h16H,1,7H2,2-6H3. The van der Waals surface area contributed by atoms with E-state index in [1.54, 1.807) is 4.72 Å². The van der Waals surface area contributed by atoms with E-state index >= 15 is 0 Å². The minimum atomic E-state index is -5.50. The normalized spacial score (nSPS) is 13.9. The monoisotopic (exact) mass is 331 g/mol. The van der Waals surface area contributed by atoms with Crippen LogP contribution in [0.1, 0.15) is 34.6 Å². The number of ether oxygens (including phenoxy) is 1. The van der Waals surface area contributed by atoms with Crippen LogP contribution in [0.5, 0.6) is 0 Å². The van der Waals surface area contributed by atoms with Gasteiger partial charge in [-0.2, -0.15) is 13.2 Å². The minimum absolute atomic E-state index is 0.138. The molecule has 0 heterocycles. The molecule has 0 amide bonds. The lowest BCUT2D eigenvalue weighted by molar-refractivity contribution is -0.143. The molecule has 0 aliphatic carbocycles. The first-order chi connectivity index (χ1) is 9.03. The van der Waals surface area contributed by atoms with Gasteiger partial charge in [-0.05, 0) is 20.8 Å². The number of hydrogen-bond donors (Lipinski definition) is 1. The van der Waals surface area contributed by atoms with Gasteiger partial charge in [-0.1, -0.05) is 20.4 Å². The van der Waals surface area contributed by atoms with E-state index in [0.717, 1.165) is 0 Å². The summed E-state index contributed by atoms with van der Waals surface area (Å²) in [5.41, 5.74) is -7.86. The maximum Gasteiger partial charge on any atom is 0.511 e. The number of alkyl halides is 3. The van der Waals surface area contributed by atoms with Gasteiger partial charge in [-0.3, -0.25) is 0 Å². The van der Waals surface area contributed by atoms with Crippen molar-refractivity contribution in [1.82, 2.24) is 4.72 Å². The van der Waals surface area contributed by atoms with Crippen LogP contribution in [0.3, 0.4) is 0 Å². The van der Waals surface area contributed by atoms with Crippen LogP contribution in [-0.4, -0.2) is 32.0 Å². The summed E-state index contributed by atoms with van der Waals surface area (Å²) in [6, 6.07) is 0. The Morgan fingerprint density at radius 1 is 1.19 bits per heavy atom. The van der Waals surface area contributed by atoms with Crippen molar-refractivity contribution in [2.24, 2.45) is 5.41 Å². The van der Waals surface area contributed by atoms with Gasteiger partial charge in [-0.15, -0.1) is 0 Å². The van der Waals surface area contributed by atoms with Gasteiger partial charge in [0.25, 0.3) is 0 Å². The Morgan fingerprint density at radius 3 is 1.95 bits per heavy atom. The number of halogens is 3. The molecule has 0 aliphatic heterocycles. The highest BCUT2D eigenvalue weighted by Gasteiger charge is 2.51. The zero-order valence-corrected chi connectivity index (χ0v) is 13.4. The first-order valence-corrected chi connectivity index (χ1v) is 7.45. The van der Waals surface area contributed by atoms with Gasteiger partial charge in [0.2, 0.25) is 0 Å². The molecule has 0 saturated heterocycles. The van der Waals surface area contributed by atoms with Crippen LogP contribution >= 0.6 is 0 Å². The smallest absolute Gasteiger partial charge is 0.462 e. The van der Waals surface area contributed by atoms with E-state index in [2.05, 4.69) is 6.58 Å². The Morgan fingerprint density at radius 2 is 1.62 bits per heavy atom. The van der Waals surface area contributed by atoms with Crippen molar-refractivity contribution in [3.63, 3.8) is 0 Å². The second-order valence-electron chi connectivity index (χ2n) is 5.92. The Hall–Kier alpha value is -1.09. The Balaban J connectivity index is 5.13. The molecule has 0 atom stereocenters. The topological polar surface area (TPSA) is 72.5 Å². The highest BCUT2D eigenvalue weighted by Crippen LogP contribution is 2.34. The number of sulfonamides is 1. The van der Waals surface area contributed by atoms with Crippen LogP contribution in [0, 0.1) is 5.41 Å². The molecule has 0 aromatic heterocycles. The minimum Gasteiger partial charge on any atom is -0.462 e. The van der Waals surface area contributed by atoms with E-state index in [9.17, 15) is 26.4 Å². The average molecular weight is 331 g/mol. The van der Waals surface area contributed by atoms with E-state index in [0.29, 0.717) is 0 Å². The third kappa shape index (κ3) is 4.99. The summed E-state index contributed by atoms with van der Waals surface area (Å²) >= 11 is 0. The SMILES string of the molecule is C=C(C)C(=O)OCC(C)(C)C(C)(C)NS(=O)(=O)C(F)(F)F. The van der Waals surface area contributed by atoms with Crippen LogP contribution in [0.25, 0.3) is 0 Å². The van der Waals surface area contributed by atoms with Crippen molar-refractivity contribution in [2.45, 2.75) is 45.7 Å². The van der Waals surface area contributed by atoms with Crippen LogP contribution in [0.2, 0.25) is 0 Å².